The van der Waals surface area contributed by atoms with Crippen LogP contribution in [0.1, 0.15) is 39.5 Å². The fourth-order valence-electron chi connectivity index (χ4n) is 0.641. The van der Waals surface area contributed by atoms with Crippen molar-refractivity contribution < 1.29 is 31.1 Å². The van der Waals surface area contributed by atoms with Crippen molar-refractivity contribution in [1.29, 1.82) is 0 Å². The van der Waals surface area contributed by atoms with Crippen molar-refractivity contribution in [3.05, 3.63) is 0 Å². The van der Waals surface area contributed by atoms with Gasteiger partial charge in [-0.15, -0.1) is 0 Å². The van der Waals surface area contributed by atoms with Gasteiger partial charge in [0.15, 0.2) is 0 Å². The third kappa shape index (κ3) is 8.70. The molecular weight excluding hydrogens is 235 g/mol. The van der Waals surface area contributed by atoms with Gasteiger partial charge in [-0.2, -0.15) is 0 Å². The first kappa shape index (κ1) is 12.6. The van der Waals surface area contributed by atoms with Crippen LogP contribution in [0.3, 0.4) is 0 Å². The Morgan fingerprint density at radius 3 is 1.75 bits per heavy atom. The van der Waals surface area contributed by atoms with Gasteiger partial charge in [-0.05, 0) is 0 Å². The molecule has 72 valence electrons. The van der Waals surface area contributed by atoms with Crippen molar-refractivity contribution >= 4 is 0 Å². The fraction of sp³-hybridized carbons (Fsp3) is 1.00. The van der Waals surface area contributed by atoms with E-state index in [1.807, 2.05) is 0 Å². The Balaban J connectivity index is 3.10. The van der Waals surface area contributed by atoms with Gasteiger partial charge in [0.05, 0.1) is 0 Å². The molecule has 0 amide bonds. The van der Waals surface area contributed by atoms with E-state index in [4.69, 9.17) is 5.63 Å². The van der Waals surface area contributed by atoms with Crippen LogP contribution in [0, 0.1) is 0 Å². The summed E-state index contributed by atoms with van der Waals surface area (Å²) < 4.78 is 21.1. The molecule has 0 N–H and O–H groups in total. The summed E-state index contributed by atoms with van der Waals surface area (Å²) >= 11 is -3.03. The van der Waals surface area contributed by atoms with Gasteiger partial charge in [-0.25, -0.2) is 0 Å². The molecule has 0 aliphatic carbocycles. The van der Waals surface area contributed by atoms with Gasteiger partial charge in [0.1, 0.15) is 0 Å². The fourth-order valence-corrected chi connectivity index (χ4v) is 2.38. The van der Waals surface area contributed by atoms with Crippen molar-refractivity contribution in [2.24, 2.45) is 0 Å². The number of hydrogen-bond donors (Lipinski definition) is 0. The average Bonchev–Trinajstić information content (AvgIpc) is 2.06. The zero-order valence-electron chi connectivity index (χ0n) is 7.97. The molecule has 3 nitrogen and oxygen atoms in total. The van der Waals surface area contributed by atoms with E-state index >= 15 is 0 Å². The molecule has 0 fully saturated rings. The molecule has 0 spiro atoms. The number of hydrogen-bond acceptors (Lipinski definition) is 3. The summed E-state index contributed by atoms with van der Waals surface area (Å²) in [7, 11) is 0. The maximum atomic E-state index is 11.0. The first-order chi connectivity index (χ1) is 5.81. The maximum absolute atomic E-state index is 11.0. The molecule has 0 aromatic heterocycles. The van der Waals surface area contributed by atoms with E-state index in [1.165, 1.54) is 0 Å². The van der Waals surface area contributed by atoms with Gasteiger partial charge in [-0.1, -0.05) is 0 Å². The van der Waals surface area contributed by atoms with Gasteiger partial charge in [0.25, 0.3) is 0 Å². The van der Waals surface area contributed by atoms with Crippen LogP contribution in [0.5, 0.6) is 0 Å². The summed E-state index contributed by atoms with van der Waals surface area (Å²) in [6.45, 7) is 5.35. The monoisotopic (exact) mass is 252 g/mol. The summed E-state index contributed by atoms with van der Waals surface area (Å²) in [6, 6.07) is 0. The van der Waals surface area contributed by atoms with Crippen molar-refractivity contribution in [3.63, 3.8) is 0 Å². The molecule has 0 saturated heterocycles. The Morgan fingerprint density at radius 1 is 1.00 bits per heavy atom. The van der Waals surface area contributed by atoms with Gasteiger partial charge >= 0.3 is 83.8 Å². The van der Waals surface area contributed by atoms with Gasteiger partial charge < -0.3 is 0 Å². The van der Waals surface area contributed by atoms with Crippen LogP contribution in [0.25, 0.3) is 0 Å². The zero-order valence-corrected chi connectivity index (χ0v) is 10.4. The minimum atomic E-state index is -3.03. The second-order valence-electron chi connectivity index (χ2n) is 2.65. The molecule has 0 rings (SSSR count). The summed E-state index contributed by atoms with van der Waals surface area (Å²) in [5.74, 6) is 0. The molecule has 0 aromatic carbocycles. The van der Waals surface area contributed by atoms with Gasteiger partial charge in [0, 0.05) is 0 Å². The summed E-state index contributed by atoms with van der Waals surface area (Å²) in [5.41, 5.74) is 0. The predicted molar refractivity (Wildman–Crippen MR) is 42.4 cm³/mol. The number of rotatable bonds is 8. The quantitative estimate of drug-likeness (QED) is 0.623. The van der Waals surface area contributed by atoms with E-state index in [-0.39, 0.29) is 0 Å². The average molecular weight is 253 g/mol. The Hall–Kier alpha value is 0.603. The normalized spacial score (nSPS) is 10.2. The Bertz CT molecular complexity index is 105. The third-order valence-corrected chi connectivity index (χ3v) is 3.60. The van der Waals surface area contributed by atoms with E-state index in [0.29, 0.717) is 13.2 Å². The summed E-state index contributed by atoms with van der Waals surface area (Å²) in [6.07, 6.45) is 4.10. The molecule has 0 atom stereocenters. The SMILES string of the molecule is CCCC[O][Zr](=[O])[O]CCCC. The molecular formula is C8H18O3Zr. The molecule has 0 unspecified atom stereocenters. The minimum absolute atomic E-state index is 0.598. The van der Waals surface area contributed by atoms with Gasteiger partial charge in [-0.3, -0.25) is 0 Å². The second kappa shape index (κ2) is 9.69. The van der Waals surface area contributed by atoms with Crippen LogP contribution < -0.4 is 0 Å². The zero-order chi connectivity index (χ0) is 9.23. The molecule has 0 aromatic rings. The van der Waals surface area contributed by atoms with Crippen LogP contribution in [0.2, 0.25) is 0 Å². The van der Waals surface area contributed by atoms with E-state index in [0.717, 1.165) is 25.7 Å². The molecule has 0 aliphatic rings. The summed E-state index contributed by atoms with van der Waals surface area (Å²) in [5, 5.41) is 0. The Morgan fingerprint density at radius 2 is 1.42 bits per heavy atom. The van der Waals surface area contributed by atoms with E-state index < -0.39 is 22.6 Å². The van der Waals surface area contributed by atoms with Gasteiger partial charge in [0.2, 0.25) is 0 Å². The van der Waals surface area contributed by atoms with Crippen molar-refractivity contribution in [1.82, 2.24) is 0 Å². The predicted octanol–water partition coefficient (Wildman–Crippen LogP) is 2.41. The number of unbranched alkanes of at least 4 members (excludes halogenated alkanes) is 2. The Kier molecular flexibility index (Phi) is 10.2. The first-order valence-corrected chi connectivity index (χ1v) is 7.61. The third-order valence-electron chi connectivity index (χ3n) is 1.44. The topological polar surface area (TPSA) is 35.5 Å². The molecule has 12 heavy (non-hydrogen) atoms. The molecule has 0 heterocycles. The van der Waals surface area contributed by atoms with Crippen LogP contribution in [0.4, 0.5) is 0 Å². The van der Waals surface area contributed by atoms with E-state index in [1.54, 1.807) is 0 Å². The van der Waals surface area contributed by atoms with Crippen LogP contribution in [-0.4, -0.2) is 13.2 Å². The second-order valence-corrected chi connectivity index (χ2v) is 5.30. The van der Waals surface area contributed by atoms with Crippen LogP contribution in [-0.2, 0) is 31.1 Å². The van der Waals surface area contributed by atoms with E-state index in [2.05, 4.69) is 13.8 Å². The van der Waals surface area contributed by atoms with Crippen molar-refractivity contribution in [3.8, 4) is 0 Å². The molecule has 4 heteroatoms. The standard InChI is InChI=1S/2C4H9O.O.Zr/c2*1-2-3-4-5;;/h2*2-4H2,1H3;;/q2*-1;;+2. The Labute approximate surface area is 83.8 Å². The molecule has 0 radical (unpaired) electrons. The van der Waals surface area contributed by atoms with Crippen LogP contribution in [0.15, 0.2) is 0 Å². The first-order valence-electron chi connectivity index (χ1n) is 4.60. The summed E-state index contributed by atoms with van der Waals surface area (Å²) in [4.78, 5) is 0. The molecule has 0 saturated carbocycles. The van der Waals surface area contributed by atoms with E-state index in [9.17, 15) is 2.81 Å². The molecule has 0 bridgehead atoms. The molecule has 0 aliphatic heterocycles. The van der Waals surface area contributed by atoms with Crippen LogP contribution >= 0.6 is 0 Å². The van der Waals surface area contributed by atoms with Crippen molar-refractivity contribution in [2.45, 2.75) is 39.5 Å². The van der Waals surface area contributed by atoms with Crippen molar-refractivity contribution in [2.75, 3.05) is 13.2 Å².